The van der Waals surface area contributed by atoms with E-state index in [0.717, 1.165) is 41.2 Å². The number of nitrogens with zero attached hydrogens (tertiary/aromatic N) is 2. The largest absolute Gasteiger partial charge is 0.658 e. The molecule has 0 amide bonds. The molecule has 10 rings (SSSR count). The summed E-state index contributed by atoms with van der Waals surface area (Å²) in [6, 6.07) is 80.1. The third-order valence-electron chi connectivity index (χ3n) is 11.7. The molecule has 0 saturated heterocycles. The second kappa shape index (κ2) is 22.4. The summed E-state index contributed by atoms with van der Waals surface area (Å²) in [6.07, 6.45) is 8.24. The molecule has 68 heavy (non-hydrogen) atoms. The molecule has 0 atom stereocenters. The Morgan fingerprint density at radius 1 is 0.529 bits per heavy atom. The maximum Gasteiger partial charge on any atom is 0.0541 e. The summed E-state index contributed by atoms with van der Waals surface area (Å²) in [5.41, 5.74) is 28.2. The number of hydrogen-bond acceptors (Lipinski definition) is 3. The standard InChI is InChI=1S/C56H42N3.C6H10N2.W/c1-3-14-40(15-4-1)36-41-28-33-49(34-29-41)59-55-25-12-9-22-51(55)52-39-44(30-35-56(52)59)43-17-13-18-45(38-43)50-21-8-11-24-54(50)58-48-31-26-42(27-32-48)37-46-16-7-10-23-53(46)57-47-19-5-2-6-20-47;1-6(8)4-2-3-5-7;/h1-35,38-39,58H,36-37H2;2-5H,1,7-8H2;/q-1;;/b;4-2-,5-3-;. The molecule has 0 radical (unpaired) electrons. The molecule has 5 nitrogen and oxygen atoms in total. The molecule has 332 valence electrons. The summed E-state index contributed by atoms with van der Waals surface area (Å²) in [7, 11) is 0. The fourth-order valence-electron chi connectivity index (χ4n) is 8.47. The maximum atomic E-state index is 5.18. The average Bonchev–Trinajstić information content (AvgIpc) is 3.70. The minimum Gasteiger partial charge on any atom is -0.658 e. The number of aromatic nitrogens is 1. The van der Waals surface area contributed by atoms with Gasteiger partial charge in [-0.1, -0.05) is 188 Å². The molecule has 0 unspecified atom stereocenters. The summed E-state index contributed by atoms with van der Waals surface area (Å²) in [5, 5.41) is 11.1. The summed E-state index contributed by atoms with van der Waals surface area (Å²) >= 11 is 0. The van der Waals surface area contributed by atoms with Crippen LogP contribution in [0.2, 0.25) is 0 Å². The van der Waals surface area contributed by atoms with Gasteiger partial charge in [-0.3, -0.25) is 0 Å². The van der Waals surface area contributed by atoms with Gasteiger partial charge in [-0.25, -0.2) is 0 Å². The van der Waals surface area contributed by atoms with E-state index < -0.39 is 0 Å². The summed E-state index contributed by atoms with van der Waals surface area (Å²) in [6.45, 7) is 3.44. The number of hydrogen-bond donors (Lipinski definition) is 3. The van der Waals surface area contributed by atoms with Crippen LogP contribution in [-0.2, 0) is 33.9 Å². The Morgan fingerprint density at radius 2 is 1.15 bits per heavy atom. The molecular weight excluding hydrogens is 999 g/mol. The van der Waals surface area contributed by atoms with Crippen molar-refractivity contribution in [1.29, 1.82) is 0 Å². The number of anilines is 2. The van der Waals surface area contributed by atoms with Crippen molar-refractivity contribution >= 4 is 44.6 Å². The second-order valence-electron chi connectivity index (χ2n) is 16.4. The van der Waals surface area contributed by atoms with Gasteiger partial charge < -0.3 is 26.7 Å². The van der Waals surface area contributed by atoms with Gasteiger partial charge in [-0.15, -0.1) is 11.4 Å². The van der Waals surface area contributed by atoms with Gasteiger partial charge in [-0.05, 0) is 119 Å². The molecule has 6 heteroatoms. The van der Waals surface area contributed by atoms with Crippen LogP contribution in [0.5, 0.6) is 0 Å². The van der Waals surface area contributed by atoms with Gasteiger partial charge in [-0.2, -0.15) is 0 Å². The quantitative estimate of drug-likeness (QED) is 0.101. The minimum absolute atomic E-state index is 0. The van der Waals surface area contributed by atoms with E-state index >= 15 is 0 Å². The number of nitrogens with two attached hydrogens (primary N) is 2. The molecular formula is C62H52N5W-. The van der Waals surface area contributed by atoms with E-state index in [1.807, 2.05) is 30.3 Å². The molecule has 0 bridgehead atoms. The second-order valence-corrected chi connectivity index (χ2v) is 16.4. The van der Waals surface area contributed by atoms with E-state index in [9.17, 15) is 0 Å². The molecule has 0 fully saturated rings. The predicted octanol–water partition coefficient (Wildman–Crippen LogP) is 15.9. The van der Waals surface area contributed by atoms with Gasteiger partial charge in [0.15, 0.2) is 0 Å². The number of nitrogens with one attached hydrogen (secondary N) is 1. The Morgan fingerprint density at radius 3 is 1.93 bits per heavy atom. The van der Waals surface area contributed by atoms with Crippen molar-refractivity contribution in [2.75, 3.05) is 5.32 Å². The SMILES string of the molecule is C=C(N)/C=C\C=C/N.[W].c1ccc(Cc2ccc(-n3c4ccccc4c4cc(-c5cccc(-c6ccccc6Nc6ccc(Cc7ccccc7[N-]c7ccccc7)cc6)c5)ccc43)cc2)cc1. The molecule has 10 aromatic rings. The van der Waals surface area contributed by atoms with Gasteiger partial charge >= 0.3 is 0 Å². The van der Waals surface area contributed by atoms with E-state index in [-0.39, 0.29) is 21.1 Å². The zero-order valence-corrected chi connectivity index (χ0v) is 40.7. The monoisotopic (exact) mass is 1050 g/mol. The van der Waals surface area contributed by atoms with Crippen LogP contribution in [0.4, 0.5) is 22.7 Å². The van der Waals surface area contributed by atoms with Crippen molar-refractivity contribution in [2.24, 2.45) is 11.5 Å². The first-order valence-corrected chi connectivity index (χ1v) is 22.6. The first-order chi connectivity index (χ1) is 33.0. The normalized spacial score (nSPS) is 11.0. The van der Waals surface area contributed by atoms with Crippen LogP contribution >= 0.6 is 0 Å². The Bertz CT molecular complexity index is 3320. The number of rotatable bonds is 13. The van der Waals surface area contributed by atoms with Crippen LogP contribution in [0.25, 0.3) is 55.1 Å². The van der Waals surface area contributed by atoms with E-state index in [1.165, 1.54) is 72.6 Å². The van der Waals surface area contributed by atoms with E-state index in [1.54, 1.807) is 18.2 Å². The van der Waals surface area contributed by atoms with Crippen LogP contribution in [0.15, 0.2) is 261 Å². The molecule has 0 spiro atoms. The number of allylic oxidation sites excluding steroid dienone is 3. The molecule has 9 aromatic carbocycles. The molecule has 1 heterocycles. The minimum atomic E-state index is 0. The molecule has 0 aliphatic rings. The van der Waals surface area contributed by atoms with Crippen molar-refractivity contribution in [3.8, 4) is 27.9 Å². The van der Waals surface area contributed by atoms with Crippen LogP contribution in [0.1, 0.15) is 22.3 Å². The van der Waals surface area contributed by atoms with Gasteiger partial charge in [0.05, 0.1) is 11.0 Å². The fraction of sp³-hybridized carbons (Fsp3) is 0.0323. The number of benzene rings is 9. The van der Waals surface area contributed by atoms with Crippen molar-refractivity contribution < 1.29 is 21.1 Å². The topological polar surface area (TPSA) is 83.1 Å². The fourth-order valence-corrected chi connectivity index (χ4v) is 8.47. The Labute approximate surface area is 414 Å². The van der Waals surface area contributed by atoms with Gasteiger partial charge in [0.1, 0.15) is 0 Å². The zero-order chi connectivity index (χ0) is 45.8. The Balaban J connectivity index is 0.000000639. The van der Waals surface area contributed by atoms with Gasteiger partial charge in [0.2, 0.25) is 0 Å². The zero-order valence-electron chi connectivity index (χ0n) is 37.8. The van der Waals surface area contributed by atoms with E-state index in [4.69, 9.17) is 16.8 Å². The number of para-hydroxylation sites is 4. The molecule has 0 saturated carbocycles. The van der Waals surface area contributed by atoms with E-state index in [0.29, 0.717) is 5.70 Å². The van der Waals surface area contributed by atoms with Crippen molar-refractivity contribution in [2.45, 2.75) is 12.8 Å². The average molecular weight is 1050 g/mol. The van der Waals surface area contributed by atoms with Gasteiger partial charge in [0.25, 0.3) is 0 Å². The molecule has 0 aliphatic carbocycles. The van der Waals surface area contributed by atoms with Crippen molar-refractivity contribution in [3.63, 3.8) is 0 Å². The van der Waals surface area contributed by atoms with Gasteiger partial charge in [0, 0.05) is 60.2 Å². The summed E-state index contributed by atoms with van der Waals surface area (Å²) in [4.78, 5) is 0. The third kappa shape index (κ3) is 11.3. The Hall–Kier alpha value is -8.11. The van der Waals surface area contributed by atoms with Crippen LogP contribution in [-0.4, -0.2) is 4.57 Å². The molecule has 0 aliphatic heterocycles. The Kier molecular flexibility index (Phi) is 15.3. The van der Waals surface area contributed by atoms with Crippen molar-refractivity contribution in [1.82, 2.24) is 4.57 Å². The predicted molar refractivity (Wildman–Crippen MR) is 285 cm³/mol. The van der Waals surface area contributed by atoms with Crippen LogP contribution in [0, 0.1) is 0 Å². The summed E-state index contributed by atoms with van der Waals surface area (Å²) in [5.74, 6) is 0. The molecule has 5 N–H and O–H groups in total. The first kappa shape index (κ1) is 46.4. The third-order valence-corrected chi connectivity index (χ3v) is 11.7. The smallest absolute Gasteiger partial charge is 0.0541 e. The van der Waals surface area contributed by atoms with Crippen molar-refractivity contribution in [3.05, 3.63) is 289 Å². The van der Waals surface area contributed by atoms with E-state index in [2.05, 4.69) is 211 Å². The molecule has 1 aromatic heterocycles. The van der Waals surface area contributed by atoms with Crippen LogP contribution < -0.4 is 16.8 Å². The summed E-state index contributed by atoms with van der Waals surface area (Å²) < 4.78 is 2.40. The number of fused-ring (bicyclic) bond motifs is 3. The first-order valence-electron chi connectivity index (χ1n) is 22.6. The maximum absolute atomic E-state index is 5.18. The van der Waals surface area contributed by atoms with Crippen LogP contribution in [0.3, 0.4) is 0 Å².